The minimum Gasteiger partial charge on any atom is -0.508 e. The number of phenols is 1. The highest BCUT2D eigenvalue weighted by molar-refractivity contribution is 6.29. The molecule has 3 aliphatic rings. The summed E-state index contributed by atoms with van der Waals surface area (Å²) in [6.07, 6.45) is 0. The summed E-state index contributed by atoms with van der Waals surface area (Å²) in [5, 5.41) is 13.2. The van der Waals surface area contributed by atoms with Crippen LogP contribution in [0.1, 0.15) is 43.3 Å². The van der Waals surface area contributed by atoms with E-state index in [9.17, 15) is 14.7 Å². The topological polar surface area (TPSA) is 66.4 Å². The van der Waals surface area contributed by atoms with Gasteiger partial charge in [-0.2, -0.15) is 0 Å². The van der Waals surface area contributed by atoms with Crippen molar-refractivity contribution in [3.8, 4) is 5.75 Å². The number of aromatic hydroxyl groups is 1. The van der Waals surface area contributed by atoms with E-state index in [0.29, 0.717) is 22.3 Å². The third-order valence-corrected chi connectivity index (χ3v) is 5.96. The molecule has 0 atom stereocenters. The molecule has 2 aliphatic carbocycles. The molecule has 2 N–H and O–H groups in total. The minimum absolute atomic E-state index is 0.0588. The Morgan fingerprint density at radius 3 is 1.55 bits per heavy atom. The first-order valence-corrected chi connectivity index (χ1v) is 9.47. The SMILES string of the molecule is O=C1C2=C(NC3=C(C(=O)c4ccccc43)C2c2ccc(O)cc2)c2ccccc21. The van der Waals surface area contributed by atoms with E-state index in [2.05, 4.69) is 5.32 Å². The van der Waals surface area contributed by atoms with E-state index in [0.717, 1.165) is 28.1 Å². The Balaban J connectivity index is 1.64. The normalized spacial score (nSPS) is 17.1. The van der Waals surface area contributed by atoms with Gasteiger partial charge in [0.25, 0.3) is 0 Å². The number of Topliss-reactive ketones (excluding diaryl/α,β-unsaturated/α-hetero) is 2. The Morgan fingerprint density at radius 2 is 1.07 bits per heavy atom. The zero-order chi connectivity index (χ0) is 19.7. The summed E-state index contributed by atoms with van der Waals surface area (Å²) in [4.78, 5) is 26.7. The average molecular weight is 377 g/mol. The van der Waals surface area contributed by atoms with Gasteiger partial charge in [0.05, 0.1) is 11.4 Å². The van der Waals surface area contributed by atoms with Gasteiger partial charge in [0.1, 0.15) is 5.75 Å². The third kappa shape index (κ3) is 2.03. The lowest BCUT2D eigenvalue weighted by atomic mass is 9.79. The number of phenolic OH excluding ortho intramolecular Hbond substituents is 1. The maximum Gasteiger partial charge on any atom is 0.192 e. The number of hydrogen-bond acceptors (Lipinski definition) is 4. The fourth-order valence-electron chi connectivity index (χ4n) is 4.70. The molecule has 0 unspecified atom stereocenters. The molecule has 0 spiro atoms. The molecule has 0 saturated heterocycles. The number of carbonyl (C=O) groups excluding carboxylic acids is 2. The van der Waals surface area contributed by atoms with Crippen molar-refractivity contribution in [1.29, 1.82) is 0 Å². The van der Waals surface area contributed by atoms with Crippen LogP contribution < -0.4 is 5.32 Å². The summed E-state index contributed by atoms with van der Waals surface area (Å²) in [5.41, 5.74) is 6.56. The maximum atomic E-state index is 13.4. The fraction of sp³-hybridized carbons (Fsp3) is 0.0400. The summed E-state index contributed by atoms with van der Waals surface area (Å²) in [6, 6.07) is 21.8. The molecule has 29 heavy (non-hydrogen) atoms. The van der Waals surface area contributed by atoms with Crippen LogP contribution in [-0.2, 0) is 0 Å². The number of fused-ring (bicyclic) bond motifs is 4. The van der Waals surface area contributed by atoms with Gasteiger partial charge in [-0.15, -0.1) is 0 Å². The van der Waals surface area contributed by atoms with Gasteiger partial charge in [0.15, 0.2) is 11.6 Å². The van der Waals surface area contributed by atoms with Gasteiger partial charge in [-0.25, -0.2) is 0 Å². The van der Waals surface area contributed by atoms with Gasteiger partial charge < -0.3 is 10.4 Å². The molecule has 3 aromatic carbocycles. The maximum absolute atomic E-state index is 13.4. The van der Waals surface area contributed by atoms with Crippen LogP contribution in [0.4, 0.5) is 0 Å². The second-order valence-electron chi connectivity index (χ2n) is 7.48. The molecule has 1 aliphatic heterocycles. The summed E-state index contributed by atoms with van der Waals surface area (Å²) in [6.45, 7) is 0. The van der Waals surface area contributed by atoms with Crippen LogP contribution in [0.5, 0.6) is 5.75 Å². The molecule has 138 valence electrons. The zero-order valence-electron chi connectivity index (χ0n) is 15.3. The molecule has 0 aromatic heterocycles. The Hall–Kier alpha value is -3.92. The minimum atomic E-state index is -0.485. The Bertz CT molecular complexity index is 1230. The number of carbonyl (C=O) groups is 2. The number of hydrogen-bond donors (Lipinski definition) is 2. The lowest BCUT2D eigenvalue weighted by Crippen LogP contribution is -2.25. The molecule has 6 rings (SSSR count). The predicted octanol–water partition coefficient (Wildman–Crippen LogP) is 4.29. The van der Waals surface area contributed by atoms with Crippen molar-refractivity contribution in [3.63, 3.8) is 0 Å². The van der Waals surface area contributed by atoms with Gasteiger partial charge in [-0.3, -0.25) is 9.59 Å². The summed E-state index contributed by atoms with van der Waals surface area (Å²) in [7, 11) is 0. The standard InChI is InChI=1S/C25H15NO3/c27-14-11-9-13(10-12-14)19-20-22(15-5-1-3-7-17(15)24(20)28)26-23-16-6-2-4-8-18(16)25(29)21(19)23/h1-12,19,26-27H. The van der Waals surface area contributed by atoms with Gasteiger partial charge in [-0.05, 0) is 17.7 Å². The summed E-state index contributed by atoms with van der Waals surface area (Å²) < 4.78 is 0. The van der Waals surface area contributed by atoms with Crippen LogP contribution in [0.2, 0.25) is 0 Å². The van der Waals surface area contributed by atoms with Crippen LogP contribution >= 0.6 is 0 Å². The molecule has 1 heterocycles. The summed E-state index contributed by atoms with van der Waals surface area (Å²) >= 11 is 0. The zero-order valence-corrected chi connectivity index (χ0v) is 15.3. The highest BCUT2D eigenvalue weighted by atomic mass is 16.3. The van der Waals surface area contributed by atoms with Gasteiger partial charge in [0, 0.05) is 39.3 Å². The van der Waals surface area contributed by atoms with Crippen LogP contribution in [0.3, 0.4) is 0 Å². The van der Waals surface area contributed by atoms with E-state index >= 15 is 0 Å². The molecule has 4 nitrogen and oxygen atoms in total. The Labute approximate surface area is 166 Å². The Kier molecular flexibility index (Phi) is 3.08. The molecule has 4 heteroatoms. The first-order chi connectivity index (χ1) is 14.1. The smallest absolute Gasteiger partial charge is 0.192 e. The molecular formula is C25H15NO3. The monoisotopic (exact) mass is 377 g/mol. The van der Waals surface area contributed by atoms with E-state index in [1.165, 1.54) is 0 Å². The third-order valence-electron chi connectivity index (χ3n) is 5.96. The van der Waals surface area contributed by atoms with Crippen LogP contribution in [0.25, 0.3) is 11.4 Å². The van der Waals surface area contributed by atoms with Crippen LogP contribution in [0.15, 0.2) is 83.9 Å². The van der Waals surface area contributed by atoms with Crippen molar-refractivity contribution in [1.82, 2.24) is 5.32 Å². The molecule has 0 fully saturated rings. The quantitative estimate of drug-likeness (QED) is 0.664. The second kappa shape index (κ2) is 5.55. The van der Waals surface area contributed by atoms with E-state index in [-0.39, 0.29) is 17.3 Å². The van der Waals surface area contributed by atoms with Crippen LogP contribution in [-0.4, -0.2) is 16.7 Å². The Morgan fingerprint density at radius 1 is 0.621 bits per heavy atom. The second-order valence-corrected chi connectivity index (χ2v) is 7.48. The van der Waals surface area contributed by atoms with Crippen molar-refractivity contribution in [2.75, 3.05) is 0 Å². The molecule has 0 amide bonds. The molecule has 0 radical (unpaired) electrons. The first-order valence-electron chi connectivity index (χ1n) is 9.47. The average Bonchev–Trinajstić information content (AvgIpc) is 3.21. The molecule has 0 saturated carbocycles. The molecular weight excluding hydrogens is 362 g/mol. The van der Waals surface area contributed by atoms with Crippen LogP contribution in [0, 0.1) is 0 Å². The number of dihydropyridines is 1. The molecule has 0 bridgehead atoms. The fourth-order valence-corrected chi connectivity index (χ4v) is 4.70. The van der Waals surface area contributed by atoms with E-state index in [1.807, 2.05) is 48.5 Å². The number of allylic oxidation sites excluding steroid dienone is 2. The van der Waals surface area contributed by atoms with Crippen molar-refractivity contribution < 1.29 is 14.7 Å². The number of nitrogens with one attached hydrogen (secondary N) is 1. The lowest BCUT2D eigenvalue weighted by Gasteiger charge is -2.27. The summed E-state index contributed by atoms with van der Waals surface area (Å²) in [5.74, 6) is -0.456. The van der Waals surface area contributed by atoms with E-state index < -0.39 is 5.92 Å². The predicted molar refractivity (Wildman–Crippen MR) is 109 cm³/mol. The van der Waals surface area contributed by atoms with E-state index in [1.54, 1.807) is 24.3 Å². The van der Waals surface area contributed by atoms with E-state index in [4.69, 9.17) is 0 Å². The molecule has 3 aromatic rings. The van der Waals surface area contributed by atoms with Crippen molar-refractivity contribution in [2.45, 2.75) is 5.92 Å². The largest absolute Gasteiger partial charge is 0.508 e. The van der Waals surface area contributed by atoms with Crippen molar-refractivity contribution in [2.24, 2.45) is 0 Å². The van der Waals surface area contributed by atoms with Gasteiger partial charge >= 0.3 is 0 Å². The van der Waals surface area contributed by atoms with Crippen molar-refractivity contribution >= 4 is 23.0 Å². The van der Waals surface area contributed by atoms with Crippen molar-refractivity contribution in [3.05, 3.63) is 112 Å². The first kappa shape index (κ1) is 16.1. The number of rotatable bonds is 1. The highest BCUT2D eigenvalue weighted by Crippen LogP contribution is 2.51. The number of ketones is 2. The van der Waals surface area contributed by atoms with Gasteiger partial charge in [-0.1, -0.05) is 60.7 Å². The lowest BCUT2D eigenvalue weighted by molar-refractivity contribution is 0.102. The number of benzene rings is 3. The highest BCUT2D eigenvalue weighted by Gasteiger charge is 2.46. The van der Waals surface area contributed by atoms with Gasteiger partial charge in [0.2, 0.25) is 0 Å².